The number of hydrogen-bond donors (Lipinski definition) is 2. The van der Waals surface area contributed by atoms with Gasteiger partial charge in [-0.25, -0.2) is 0 Å². The van der Waals surface area contributed by atoms with Crippen molar-refractivity contribution in [2.24, 2.45) is 5.41 Å². The maximum absolute atomic E-state index is 11.9. The molecule has 0 fully saturated rings. The maximum Gasteiger partial charge on any atom is 0.310 e. The minimum Gasteiger partial charge on any atom is -0.481 e. The molecule has 0 aliphatic heterocycles. The van der Waals surface area contributed by atoms with Crippen LogP contribution in [0.15, 0.2) is 24.3 Å². The van der Waals surface area contributed by atoms with Gasteiger partial charge in [0, 0.05) is 12.1 Å². The number of benzene rings is 1. The summed E-state index contributed by atoms with van der Waals surface area (Å²) in [6.45, 7) is 8.09. The number of carbonyl (C=O) groups is 2. The summed E-state index contributed by atoms with van der Waals surface area (Å²) in [5.41, 5.74) is 1.58. The van der Waals surface area contributed by atoms with E-state index in [4.69, 9.17) is 5.11 Å². The molecule has 4 nitrogen and oxygen atoms in total. The topological polar surface area (TPSA) is 66.4 Å². The average Bonchev–Trinajstić information content (AvgIpc) is 2.36. The van der Waals surface area contributed by atoms with Crippen molar-refractivity contribution in [3.63, 3.8) is 0 Å². The Kier molecular flexibility index (Phi) is 5.94. The van der Waals surface area contributed by atoms with Crippen LogP contribution in [0.25, 0.3) is 0 Å². The second-order valence-corrected chi connectivity index (χ2v) is 6.65. The summed E-state index contributed by atoms with van der Waals surface area (Å²) in [6, 6.07) is 7.02. The third-order valence-corrected chi connectivity index (χ3v) is 3.37. The summed E-state index contributed by atoms with van der Waals surface area (Å²) in [5, 5.41) is 11.8. The molecule has 1 rings (SSSR count). The van der Waals surface area contributed by atoms with Gasteiger partial charge in [-0.15, -0.1) is 0 Å². The van der Waals surface area contributed by atoms with E-state index in [0.29, 0.717) is 17.7 Å². The van der Waals surface area contributed by atoms with Gasteiger partial charge in [-0.05, 0) is 42.9 Å². The number of amides is 1. The van der Waals surface area contributed by atoms with Crippen LogP contribution < -0.4 is 5.32 Å². The molecule has 116 valence electrons. The van der Waals surface area contributed by atoms with Crippen LogP contribution in [0.1, 0.15) is 58.4 Å². The molecule has 0 radical (unpaired) electrons. The molecule has 0 aliphatic rings. The van der Waals surface area contributed by atoms with Gasteiger partial charge in [0.2, 0.25) is 5.91 Å². The fraction of sp³-hybridized carbons (Fsp3) is 0.529. The first-order chi connectivity index (χ1) is 9.69. The van der Waals surface area contributed by atoms with Crippen molar-refractivity contribution in [1.29, 1.82) is 0 Å². The third kappa shape index (κ3) is 6.43. The Balaban J connectivity index is 2.57. The van der Waals surface area contributed by atoms with E-state index in [9.17, 15) is 9.59 Å². The van der Waals surface area contributed by atoms with Crippen molar-refractivity contribution >= 4 is 17.6 Å². The Morgan fingerprint density at radius 2 is 1.95 bits per heavy atom. The molecule has 0 bridgehead atoms. The fourth-order valence-corrected chi connectivity index (χ4v) is 2.03. The van der Waals surface area contributed by atoms with E-state index in [0.717, 1.165) is 12.8 Å². The van der Waals surface area contributed by atoms with Crippen LogP contribution in [0.2, 0.25) is 0 Å². The molecule has 0 spiro atoms. The van der Waals surface area contributed by atoms with Crippen LogP contribution in [-0.4, -0.2) is 17.0 Å². The van der Waals surface area contributed by atoms with Crippen molar-refractivity contribution in [3.05, 3.63) is 29.8 Å². The molecule has 1 aromatic carbocycles. The molecule has 0 aliphatic carbocycles. The van der Waals surface area contributed by atoms with Gasteiger partial charge in [-0.1, -0.05) is 32.9 Å². The van der Waals surface area contributed by atoms with Crippen LogP contribution >= 0.6 is 0 Å². The Bertz CT molecular complexity index is 503. The zero-order valence-electron chi connectivity index (χ0n) is 13.3. The second-order valence-electron chi connectivity index (χ2n) is 6.65. The van der Waals surface area contributed by atoms with Gasteiger partial charge in [0.1, 0.15) is 0 Å². The lowest BCUT2D eigenvalue weighted by Crippen LogP contribution is -2.14. The van der Waals surface area contributed by atoms with Crippen LogP contribution in [-0.2, 0) is 9.59 Å². The first-order valence-electron chi connectivity index (χ1n) is 7.32. The van der Waals surface area contributed by atoms with Crippen molar-refractivity contribution in [1.82, 2.24) is 0 Å². The Hall–Kier alpha value is -1.84. The van der Waals surface area contributed by atoms with Gasteiger partial charge in [-0.2, -0.15) is 0 Å². The first-order valence-corrected chi connectivity index (χ1v) is 7.32. The number of anilines is 1. The molecule has 2 N–H and O–H groups in total. The summed E-state index contributed by atoms with van der Waals surface area (Å²) in [5.74, 6) is -1.48. The van der Waals surface area contributed by atoms with Crippen molar-refractivity contribution in [3.8, 4) is 0 Å². The van der Waals surface area contributed by atoms with Gasteiger partial charge in [-0.3, -0.25) is 9.59 Å². The number of rotatable bonds is 6. The quantitative estimate of drug-likeness (QED) is 0.831. The largest absolute Gasteiger partial charge is 0.481 e. The molecule has 1 amide bonds. The summed E-state index contributed by atoms with van der Waals surface area (Å²) in [4.78, 5) is 22.9. The molecular formula is C17H25NO3. The smallest absolute Gasteiger partial charge is 0.310 e. The normalized spacial score (nSPS) is 12.8. The highest BCUT2D eigenvalue weighted by Crippen LogP contribution is 2.22. The van der Waals surface area contributed by atoms with E-state index in [1.807, 2.05) is 0 Å². The molecule has 1 atom stereocenters. The molecule has 21 heavy (non-hydrogen) atoms. The van der Waals surface area contributed by atoms with E-state index < -0.39 is 11.9 Å². The van der Waals surface area contributed by atoms with E-state index in [-0.39, 0.29) is 11.3 Å². The molecule has 4 heteroatoms. The zero-order valence-corrected chi connectivity index (χ0v) is 13.3. The summed E-state index contributed by atoms with van der Waals surface area (Å²) >= 11 is 0. The number of hydrogen-bond acceptors (Lipinski definition) is 2. The molecule has 1 aromatic rings. The third-order valence-electron chi connectivity index (χ3n) is 3.37. The Morgan fingerprint density at radius 3 is 2.52 bits per heavy atom. The lowest BCUT2D eigenvalue weighted by atomic mass is 9.90. The van der Waals surface area contributed by atoms with Crippen molar-refractivity contribution in [2.45, 2.75) is 52.9 Å². The predicted octanol–water partition coefficient (Wildman–Crippen LogP) is 4.03. The van der Waals surface area contributed by atoms with Crippen molar-refractivity contribution < 1.29 is 14.7 Å². The van der Waals surface area contributed by atoms with Gasteiger partial charge >= 0.3 is 5.97 Å². The molecule has 0 saturated carbocycles. The minimum atomic E-state index is -0.872. The van der Waals surface area contributed by atoms with Crippen molar-refractivity contribution in [2.75, 3.05) is 5.32 Å². The van der Waals surface area contributed by atoms with E-state index >= 15 is 0 Å². The van der Waals surface area contributed by atoms with E-state index in [2.05, 4.69) is 26.1 Å². The first kappa shape index (κ1) is 17.2. The zero-order chi connectivity index (χ0) is 16.0. The minimum absolute atomic E-state index is 0.0284. The monoisotopic (exact) mass is 291 g/mol. The van der Waals surface area contributed by atoms with Gasteiger partial charge < -0.3 is 10.4 Å². The lowest BCUT2D eigenvalue weighted by Gasteiger charge is -2.17. The highest BCUT2D eigenvalue weighted by atomic mass is 16.4. The summed E-state index contributed by atoms with van der Waals surface area (Å²) in [7, 11) is 0. The van der Waals surface area contributed by atoms with Crippen LogP contribution in [0.3, 0.4) is 0 Å². The van der Waals surface area contributed by atoms with E-state index in [1.165, 1.54) is 0 Å². The van der Waals surface area contributed by atoms with Gasteiger partial charge in [0.25, 0.3) is 0 Å². The number of carboxylic acid groups (broad SMARTS) is 1. The average molecular weight is 291 g/mol. The van der Waals surface area contributed by atoms with E-state index in [1.54, 1.807) is 31.2 Å². The highest BCUT2D eigenvalue weighted by molar-refractivity contribution is 5.91. The molecule has 0 saturated heterocycles. The van der Waals surface area contributed by atoms with Gasteiger partial charge in [0.15, 0.2) is 0 Å². The SMILES string of the molecule is CC(C(=O)O)c1cccc(NC(=O)CCCC(C)(C)C)c1. The molecular weight excluding hydrogens is 266 g/mol. The van der Waals surface area contributed by atoms with Crippen LogP contribution in [0.4, 0.5) is 5.69 Å². The second kappa shape index (κ2) is 7.25. The Labute approximate surface area is 126 Å². The number of carbonyl (C=O) groups excluding carboxylic acids is 1. The number of aliphatic carboxylic acids is 1. The fourth-order valence-electron chi connectivity index (χ4n) is 2.03. The maximum atomic E-state index is 11.9. The lowest BCUT2D eigenvalue weighted by molar-refractivity contribution is -0.138. The predicted molar refractivity (Wildman–Crippen MR) is 84.4 cm³/mol. The standard InChI is InChI=1S/C17H25NO3/c1-12(16(20)21)13-7-5-8-14(11-13)18-15(19)9-6-10-17(2,3)4/h5,7-8,11-12H,6,9-10H2,1-4H3,(H,18,19)(H,20,21). The molecule has 0 aromatic heterocycles. The van der Waals surface area contributed by atoms with Crippen LogP contribution in [0, 0.1) is 5.41 Å². The Morgan fingerprint density at radius 1 is 1.29 bits per heavy atom. The van der Waals surface area contributed by atoms with Crippen LogP contribution in [0.5, 0.6) is 0 Å². The number of carboxylic acids is 1. The van der Waals surface area contributed by atoms with Gasteiger partial charge in [0.05, 0.1) is 5.92 Å². The summed E-state index contributed by atoms with van der Waals surface area (Å²) in [6.07, 6.45) is 2.33. The highest BCUT2D eigenvalue weighted by Gasteiger charge is 2.14. The molecule has 0 heterocycles. The number of nitrogens with one attached hydrogen (secondary N) is 1. The molecule has 1 unspecified atom stereocenters. The summed E-state index contributed by atoms with van der Waals surface area (Å²) < 4.78 is 0.